The number of ether oxygens (including phenoxy) is 1. The standard InChI is InChI=1S/C17H11Cl2N3O2S/c1-9(24-14-8-10(18)6-7-12(14)19)15-21-22-16(23)11-4-2-3-5-13(11)20-17(22)25-15/h2-9H,1H3. The Morgan fingerprint density at radius 1 is 1.20 bits per heavy atom. The summed E-state index contributed by atoms with van der Waals surface area (Å²) in [4.78, 5) is 17.6. The first-order valence-electron chi connectivity index (χ1n) is 7.43. The van der Waals surface area contributed by atoms with Crippen LogP contribution in [0.1, 0.15) is 18.0 Å². The van der Waals surface area contributed by atoms with Gasteiger partial charge in [0.1, 0.15) is 11.9 Å². The van der Waals surface area contributed by atoms with Crippen LogP contribution in [0.25, 0.3) is 15.9 Å². The van der Waals surface area contributed by atoms with Crippen LogP contribution in [0.4, 0.5) is 0 Å². The van der Waals surface area contributed by atoms with E-state index in [1.54, 1.807) is 30.3 Å². The average molecular weight is 392 g/mol. The van der Waals surface area contributed by atoms with Gasteiger partial charge in [-0.3, -0.25) is 4.79 Å². The molecule has 5 nitrogen and oxygen atoms in total. The van der Waals surface area contributed by atoms with Gasteiger partial charge in [0.2, 0.25) is 4.96 Å². The highest BCUT2D eigenvalue weighted by atomic mass is 35.5. The van der Waals surface area contributed by atoms with Gasteiger partial charge in [-0.1, -0.05) is 46.7 Å². The zero-order valence-electron chi connectivity index (χ0n) is 12.9. The van der Waals surface area contributed by atoms with Crippen LogP contribution < -0.4 is 10.3 Å². The molecule has 0 radical (unpaired) electrons. The molecular formula is C17H11Cl2N3O2S. The number of halogens is 2. The largest absolute Gasteiger partial charge is 0.482 e. The number of hydrogen-bond acceptors (Lipinski definition) is 5. The van der Waals surface area contributed by atoms with Crippen molar-refractivity contribution in [3.63, 3.8) is 0 Å². The molecule has 0 spiro atoms. The Hall–Kier alpha value is -2.15. The van der Waals surface area contributed by atoms with Crippen LogP contribution in [0.15, 0.2) is 47.3 Å². The van der Waals surface area contributed by atoms with Crippen LogP contribution in [-0.4, -0.2) is 14.6 Å². The maximum Gasteiger partial charge on any atom is 0.283 e. The van der Waals surface area contributed by atoms with Crippen molar-refractivity contribution in [2.45, 2.75) is 13.0 Å². The third kappa shape index (κ3) is 2.97. The minimum atomic E-state index is -0.412. The summed E-state index contributed by atoms with van der Waals surface area (Å²) < 4.78 is 7.17. The van der Waals surface area contributed by atoms with Crippen molar-refractivity contribution in [2.24, 2.45) is 0 Å². The van der Waals surface area contributed by atoms with E-state index in [0.717, 1.165) is 0 Å². The van der Waals surface area contributed by atoms with Crippen LogP contribution >= 0.6 is 34.5 Å². The molecule has 0 aliphatic rings. The molecule has 1 atom stereocenters. The van der Waals surface area contributed by atoms with Gasteiger partial charge in [-0.2, -0.15) is 9.61 Å². The number of fused-ring (bicyclic) bond motifs is 2. The minimum absolute atomic E-state index is 0.198. The van der Waals surface area contributed by atoms with Crippen molar-refractivity contribution < 1.29 is 4.74 Å². The Morgan fingerprint density at radius 2 is 2.00 bits per heavy atom. The Morgan fingerprint density at radius 3 is 2.84 bits per heavy atom. The zero-order valence-corrected chi connectivity index (χ0v) is 15.3. The second kappa shape index (κ2) is 6.29. The van der Waals surface area contributed by atoms with Crippen molar-refractivity contribution >= 4 is 50.4 Å². The maximum atomic E-state index is 12.6. The molecule has 126 valence electrons. The van der Waals surface area contributed by atoms with Crippen LogP contribution in [0.2, 0.25) is 10.0 Å². The molecule has 2 aromatic carbocycles. The van der Waals surface area contributed by atoms with Crippen molar-refractivity contribution in [3.05, 3.63) is 67.9 Å². The van der Waals surface area contributed by atoms with Gasteiger partial charge in [-0.05, 0) is 31.2 Å². The molecule has 2 heterocycles. The lowest BCUT2D eigenvalue weighted by atomic mass is 10.2. The first kappa shape index (κ1) is 16.3. The third-order valence-electron chi connectivity index (χ3n) is 3.66. The van der Waals surface area contributed by atoms with Gasteiger partial charge >= 0.3 is 0 Å². The van der Waals surface area contributed by atoms with Crippen molar-refractivity contribution in [3.8, 4) is 5.75 Å². The van der Waals surface area contributed by atoms with Gasteiger partial charge in [0, 0.05) is 11.1 Å². The Labute approximate surface area is 156 Å². The Kier molecular flexibility index (Phi) is 4.11. The van der Waals surface area contributed by atoms with E-state index in [9.17, 15) is 4.79 Å². The van der Waals surface area contributed by atoms with Crippen molar-refractivity contribution in [1.82, 2.24) is 14.6 Å². The molecule has 2 aromatic heterocycles. The smallest absolute Gasteiger partial charge is 0.283 e. The molecule has 25 heavy (non-hydrogen) atoms. The number of hydrogen-bond donors (Lipinski definition) is 0. The summed E-state index contributed by atoms with van der Waals surface area (Å²) in [6.07, 6.45) is -0.412. The normalized spacial score (nSPS) is 12.6. The SMILES string of the molecule is CC(Oc1cc(Cl)ccc1Cl)c1nn2c(=O)c3ccccc3nc2s1. The number of para-hydroxylation sites is 1. The first-order chi connectivity index (χ1) is 12.0. The second-order valence-corrected chi connectivity index (χ2v) is 7.23. The summed E-state index contributed by atoms with van der Waals surface area (Å²) >= 11 is 13.4. The van der Waals surface area contributed by atoms with E-state index in [1.165, 1.54) is 15.9 Å². The van der Waals surface area contributed by atoms with Gasteiger partial charge in [-0.25, -0.2) is 4.98 Å². The van der Waals surface area contributed by atoms with Crippen LogP contribution in [0.5, 0.6) is 5.75 Å². The van der Waals surface area contributed by atoms with E-state index >= 15 is 0 Å². The van der Waals surface area contributed by atoms with E-state index in [2.05, 4.69) is 10.1 Å². The fourth-order valence-corrected chi connectivity index (χ4v) is 3.64. The minimum Gasteiger partial charge on any atom is -0.482 e. The number of aromatic nitrogens is 3. The fourth-order valence-electron chi connectivity index (χ4n) is 2.44. The third-order valence-corrected chi connectivity index (χ3v) is 5.28. The summed E-state index contributed by atoms with van der Waals surface area (Å²) in [5.41, 5.74) is 0.449. The molecule has 0 fully saturated rings. The highest BCUT2D eigenvalue weighted by molar-refractivity contribution is 7.16. The van der Waals surface area contributed by atoms with E-state index in [0.29, 0.717) is 36.7 Å². The zero-order chi connectivity index (χ0) is 17.6. The molecule has 8 heteroatoms. The van der Waals surface area contributed by atoms with Crippen molar-refractivity contribution in [1.29, 1.82) is 0 Å². The highest BCUT2D eigenvalue weighted by Gasteiger charge is 2.17. The van der Waals surface area contributed by atoms with Gasteiger partial charge < -0.3 is 4.74 Å². The lowest BCUT2D eigenvalue weighted by Gasteiger charge is -2.13. The van der Waals surface area contributed by atoms with Gasteiger partial charge in [0.25, 0.3) is 5.56 Å². The number of rotatable bonds is 3. The highest BCUT2D eigenvalue weighted by Crippen LogP contribution is 2.32. The van der Waals surface area contributed by atoms with E-state index in [4.69, 9.17) is 27.9 Å². The van der Waals surface area contributed by atoms with Crippen molar-refractivity contribution in [2.75, 3.05) is 0 Å². The Bertz CT molecular complexity index is 1160. The molecule has 0 N–H and O–H groups in total. The topological polar surface area (TPSA) is 56.5 Å². The molecule has 0 bridgehead atoms. The lowest BCUT2D eigenvalue weighted by Crippen LogP contribution is -2.15. The van der Waals surface area contributed by atoms with Crippen LogP contribution in [-0.2, 0) is 0 Å². The maximum absolute atomic E-state index is 12.6. The molecule has 0 saturated carbocycles. The fraction of sp³-hybridized carbons (Fsp3) is 0.118. The summed E-state index contributed by atoms with van der Waals surface area (Å²) in [5, 5.41) is 6.51. The van der Waals surface area contributed by atoms with E-state index in [1.807, 2.05) is 19.1 Å². The van der Waals surface area contributed by atoms with Gasteiger partial charge in [0.15, 0.2) is 5.01 Å². The predicted molar refractivity (Wildman–Crippen MR) is 100 cm³/mol. The summed E-state index contributed by atoms with van der Waals surface area (Å²) in [6.45, 7) is 1.83. The van der Waals surface area contributed by atoms with E-state index < -0.39 is 6.10 Å². The molecular weight excluding hydrogens is 381 g/mol. The lowest BCUT2D eigenvalue weighted by molar-refractivity contribution is 0.225. The van der Waals surface area contributed by atoms with Crippen LogP contribution in [0, 0.1) is 0 Å². The average Bonchev–Trinajstić information content (AvgIpc) is 3.03. The molecule has 0 amide bonds. The van der Waals surface area contributed by atoms with Gasteiger partial charge in [0.05, 0.1) is 15.9 Å². The van der Waals surface area contributed by atoms with Crippen LogP contribution in [0.3, 0.4) is 0 Å². The summed E-state index contributed by atoms with van der Waals surface area (Å²) in [7, 11) is 0. The molecule has 0 aliphatic carbocycles. The number of benzene rings is 2. The summed E-state index contributed by atoms with van der Waals surface area (Å²) in [5.74, 6) is 0.464. The molecule has 4 rings (SSSR count). The first-order valence-corrected chi connectivity index (χ1v) is 9.00. The predicted octanol–water partition coefficient (Wildman–Crippen LogP) is 4.75. The molecule has 0 saturated heterocycles. The second-order valence-electron chi connectivity index (χ2n) is 5.40. The molecule has 0 aliphatic heterocycles. The molecule has 1 unspecified atom stereocenters. The summed E-state index contributed by atoms with van der Waals surface area (Å²) in [6, 6.07) is 12.2. The monoisotopic (exact) mass is 391 g/mol. The Balaban J connectivity index is 1.76. The van der Waals surface area contributed by atoms with E-state index in [-0.39, 0.29) is 5.56 Å². The number of nitrogens with zero attached hydrogens (tertiary/aromatic N) is 3. The molecule has 4 aromatic rings. The quantitative estimate of drug-likeness (QED) is 0.505. The van der Waals surface area contributed by atoms with Gasteiger partial charge in [-0.15, -0.1) is 0 Å².